The normalized spacial score (nSPS) is 14.4. The largest absolute Gasteiger partial charge is 0.385 e. The summed E-state index contributed by atoms with van der Waals surface area (Å²) < 4.78 is 0. The molecule has 1 unspecified atom stereocenters. The third-order valence-corrected chi connectivity index (χ3v) is 3.24. The second kappa shape index (κ2) is 7.19. The van der Waals surface area contributed by atoms with Gasteiger partial charge in [0.05, 0.1) is 0 Å². The summed E-state index contributed by atoms with van der Waals surface area (Å²) >= 11 is 0. The minimum atomic E-state index is 0. The van der Waals surface area contributed by atoms with Crippen molar-refractivity contribution in [1.82, 2.24) is 5.32 Å². The van der Waals surface area contributed by atoms with Crippen LogP contribution in [0.2, 0.25) is 0 Å². The molecule has 0 radical (unpaired) electrons. The molecule has 1 aliphatic heterocycles. The van der Waals surface area contributed by atoms with Crippen LogP contribution in [0.3, 0.4) is 0 Å². The number of hydrogen-bond donors (Lipinski definition) is 2. The fourth-order valence-electron chi connectivity index (χ4n) is 2.33. The average molecular weight is 281 g/mol. The highest BCUT2D eigenvalue weighted by Crippen LogP contribution is 2.25. The van der Waals surface area contributed by atoms with Crippen LogP contribution in [-0.4, -0.2) is 18.5 Å². The van der Waals surface area contributed by atoms with Gasteiger partial charge in [-0.05, 0) is 43.9 Å². The number of rotatable bonds is 4. The molecule has 1 heterocycles. The topological polar surface area (TPSA) is 41.1 Å². The molecule has 0 bridgehead atoms. The first kappa shape index (κ1) is 15.6. The number of anilines is 1. The van der Waals surface area contributed by atoms with Gasteiger partial charge in [-0.2, -0.15) is 0 Å². The lowest BCUT2D eigenvalue weighted by Gasteiger charge is -2.21. The van der Waals surface area contributed by atoms with Crippen molar-refractivity contribution in [3.8, 4) is 0 Å². The van der Waals surface area contributed by atoms with E-state index in [0.717, 1.165) is 42.6 Å². The van der Waals surface area contributed by atoms with Gasteiger partial charge >= 0.3 is 0 Å². The smallest absolute Gasteiger partial charge is 0.251 e. The predicted octanol–water partition coefficient (Wildman–Crippen LogP) is 3.16. The highest BCUT2D eigenvalue weighted by molar-refractivity contribution is 5.97. The Bertz CT molecular complexity index is 459. The number of benzene rings is 1. The van der Waals surface area contributed by atoms with Gasteiger partial charge in [0, 0.05) is 23.8 Å². The average Bonchev–Trinajstić information content (AvgIpc) is 2.38. The van der Waals surface area contributed by atoms with Crippen LogP contribution < -0.4 is 10.6 Å². The maximum atomic E-state index is 12.2. The van der Waals surface area contributed by atoms with Crippen molar-refractivity contribution in [3.63, 3.8) is 0 Å². The Labute approximate surface area is 120 Å². The molecule has 1 aromatic carbocycles. The van der Waals surface area contributed by atoms with Crippen molar-refractivity contribution in [1.29, 1.82) is 0 Å². The highest BCUT2D eigenvalue weighted by Gasteiger charge is 2.17. The zero-order valence-electron chi connectivity index (χ0n) is 11.2. The zero-order chi connectivity index (χ0) is 13.0. The summed E-state index contributed by atoms with van der Waals surface area (Å²) in [5.74, 6) is 0.0184. The lowest BCUT2D eigenvalue weighted by atomic mass is 9.97. The number of fused-ring (bicyclic) bond motifs is 1. The van der Waals surface area contributed by atoms with Gasteiger partial charge in [-0.25, -0.2) is 0 Å². The number of halogens is 1. The zero-order valence-corrected chi connectivity index (χ0v) is 12.1. The van der Waals surface area contributed by atoms with Crippen LogP contribution in [0.4, 0.5) is 5.69 Å². The van der Waals surface area contributed by atoms with Crippen LogP contribution >= 0.6 is 12.4 Å². The van der Waals surface area contributed by atoms with E-state index in [0.29, 0.717) is 0 Å². The molecular formula is C15H21ClN2O. The lowest BCUT2D eigenvalue weighted by molar-refractivity contribution is 0.0939. The van der Waals surface area contributed by atoms with Crippen molar-refractivity contribution in [2.45, 2.75) is 32.2 Å². The molecule has 104 valence electrons. The Balaban J connectivity index is 0.00000180. The molecule has 19 heavy (non-hydrogen) atoms. The molecule has 4 heteroatoms. The van der Waals surface area contributed by atoms with Gasteiger partial charge in [-0.1, -0.05) is 12.1 Å². The van der Waals surface area contributed by atoms with Crippen LogP contribution in [-0.2, 0) is 6.42 Å². The van der Waals surface area contributed by atoms with E-state index in [-0.39, 0.29) is 24.4 Å². The van der Waals surface area contributed by atoms with Crippen molar-refractivity contribution in [2.75, 3.05) is 11.9 Å². The van der Waals surface area contributed by atoms with Crippen LogP contribution in [0, 0.1) is 0 Å². The van der Waals surface area contributed by atoms with E-state index in [1.807, 2.05) is 31.2 Å². The summed E-state index contributed by atoms with van der Waals surface area (Å²) in [4.78, 5) is 12.2. The SMILES string of the molecule is C=CCC(C)NC(=O)c1cccc2c1CCCN2.Cl. The van der Waals surface area contributed by atoms with Crippen LogP contribution in [0.25, 0.3) is 0 Å². The van der Waals surface area contributed by atoms with Crippen molar-refractivity contribution >= 4 is 24.0 Å². The molecule has 2 rings (SSSR count). The van der Waals surface area contributed by atoms with Gasteiger partial charge in [-0.3, -0.25) is 4.79 Å². The first-order valence-electron chi connectivity index (χ1n) is 6.50. The number of nitrogens with one attached hydrogen (secondary N) is 2. The second-order valence-electron chi connectivity index (χ2n) is 4.76. The van der Waals surface area contributed by atoms with E-state index in [1.165, 1.54) is 0 Å². The maximum Gasteiger partial charge on any atom is 0.251 e. The van der Waals surface area contributed by atoms with E-state index < -0.39 is 0 Å². The van der Waals surface area contributed by atoms with E-state index >= 15 is 0 Å². The summed E-state index contributed by atoms with van der Waals surface area (Å²) in [7, 11) is 0. The summed E-state index contributed by atoms with van der Waals surface area (Å²) in [6.45, 7) is 6.67. The maximum absolute atomic E-state index is 12.2. The van der Waals surface area contributed by atoms with Gasteiger partial charge < -0.3 is 10.6 Å². The standard InChI is InChI=1S/C15H20N2O.ClH/c1-3-6-11(2)17-15(18)13-7-4-9-14-12(13)8-5-10-16-14;/h3-4,7,9,11,16H,1,5-6,8,10H2,2H3,(H,17,18);1H. The molecule has 0 aromatic heterocycles. The molecule has 3 nitrogen and oxygen atoms in total. The minimum Gasteiger partial charge on any atom is -0.385 e. The Kier molecular flexibility index (Phi) is 5.90. The number of carbonyl (C=O) groups excluding carboxylic acids is 1. The van der Waals surface area contributed by atoms with Crippen LogP contribution in [0.15, 0.2) is 30.9 Å². The molecular weight excluding hydrogens is 260 g/mol. The Morgan fingerprint density at radius 2 is 2.37 bits per heavy atom. The summed E-state index contributed by atoms with van der Waals surface area (Å²) in [5, 5.41) is 6.35. The molecule has 0 aliphatic carbocycles. The van der Waals surface area contributed by atoms with Crippen molar-refractivity contribution in [3.05, 3.63) is 42.0 Å². The summed E-state index contributed by atoms with van der Waals surface area (Å²) in [6.07, 6.45) is 4.67. The fourth-order valence-corrected chi connectivity index (χ4v) is 2.33. The summed E-state index contributed by atoms with van der Waals surface area (Å²) in [6, 6.07) is 6.01. The molecule has 1 amide bonds. The van der Waals surface area contributed by atoms with E-state index in [1.54, 1.807) is 0 Å². The van der Waals surface area contributed by atoms with Crippen LogP contribution in [0.5, 0.6) is 0 Å². The fraction of sp³-hybridized carbons (Fsp3) is 0.400. The summed E-state index contributed by atoms with van der Waals surface area (Å²) in [5.41, 5.74) is 3.05. The lowest BCUT2D eigenvalue weighted by Crippen LogP contribution is -2.33. The molecule has 1 atom stereocenters. The first-order chi connectivity index (χ1) is 8.72. The van der Waals surface area contributed by atoms with Crippen molar-refractivity contribution in [2.24, 2.45) is 0 Å². The Morgan fingerprint density at radius 3 is 3.11 bits per heavy atom. The van der Waals surface area contributed by atoms with Crippen LogP contribution in [0.1, 0.15) is 35.7 Å². The number of carbonyl (C=O) groups is 1. The molecule has 1 aromatic rings. The Morgan fingerprint density at radius 1 is 1.58 bits per heavy atom. The molecule has 0 spiro atoms. The second-order valence-corrected chi connectivity index (χ2v) is 4.76. The molecule has 0 saturated carbocycles. The third-order valence-electron chi connectivity index (χ3n) is 3.24. The van der Waals surface area contributed by atoms with E-state index in [4.69, 9.17) is 0 Å². The van der Waals surface area contributed by atoms with Gasteiger partial charge in [0.1, 0.15) is 0 Å². The quantitative estimate of drug-likeness (QED) is 0.832. The highest BCUT2D eigenvalue weighted by atomic mass is 35.5. The monoisotopic (exact) mass is 280 g/mol. The van der Waals surface area contributed by atoms with Gasteiger partial charge in [0.2, 0.25) is 0 Å². The van der Waals surface area contributed by atoms with E-state index in [9.17, 15) is 4.79 Å². The molecule has 2 N–H and O–H groups in total. The Hall–Kier alpha value is -1.48. The predicted molar refractivity (Wildman–Crippen MR) is 82.2 cm³/mol. The number of amides is 1. The molecule has 1 aliphatic rings. The van der Waals surface area contributed by atoms with Gasteiger partial charge in [0.15, 0.2) is 0 Å². The van der Waals surface area contributed by atoms with Crippen molar-refractivity contribution < 1.29 is 4.79 Å². The molecule has 0 fully saturated rings. The first-order valence-corrected chi connectivity index (χ1v) is 6.50. The van der Waals surface area contributed by atoms with Gasteiger partial charge in [0.25, 0.3) is 5.91 Å². The minimum absolute atomic E-state index is 0. The third kappa shape index (κ3) is 3.74. The van der Waals surface area contributed by atoms with E-state index in [2.05, 4.69) is 17.2 Å². The molecule has 0 saturated heterocycles. The number of hydrogen-bond acceptors (Lipinski definition) is 2. The van der Waals surface area contributed by atoms with Gasteiger partial charge in [-0.15, -0.1) is 19.0 Å².